The summed E-state index contributed by atoms with van der Waals surface area (Å²) in [6, 6.07) is 10.5. The highest BCUT2D eigenvalue weighted by atomic mass is 19.1. The highest BCUT2D eigenvalue weighted by molar-refractivity contribution is 5.84. The standard InChI is InChI=1S/C24H33FN2O/c1-2-22-10-17-11-23(14-22,18-6-4-3-5-7-18)16-24(12-17,15-22)21(28)27-9-8-20(26)19(25)13-27/h3-7,17,19-20H,2,8-16,26H2,1H3/t17?,19-,20-,22?,23?,24?/m0/s1. The molecule has 152 valence electrons. The molecule has 28 heavy (non-hydrogen) atoms. The van der Waals surface area contributed by atoms with E-state index in [4.69, 9.17) is 5.73 Å². The Morgan fingerprint density at radius 1 is 1.18 bits per heavy atom. The summed E-state index contributed by atoms with van der Waals surface area (Å²) in [5, 5.41) is 0. The molecule has 4 heteroatoms. The fourth-order valence-electron chi connectivity index (χ4n) is 7.83. The number of alkyl halides is 1. The molecule has 0 aromatic heterocycles. The lowest BCUT2D eigenvalue weighted by Crippen LogP contribution is -2.64. The molecule has 6 rings (SSSR count). The second-order valence-electron chi connectivity index (χ2n) is 10.5. The SMILES string of the molecule is CCC12CC3CC(C(=O)N4CC[C@H](N)[C@@H](F)C4)(C1)CC(c1ccccc1)(C3)C2. The molecule has 1 amide bonds. The molecule has 1 saturated heterocycles. The summed E-state index contributed by atoms with van der Waals surface area (Å²) in [7, 11) is 0. The molecule has 1 heterocycles. The molecule has 1 aliphatic heterocycles. The van der Waals surface area contributed by atoms with Crippen LogP contribution in [0.5, 0.6) is 0 Å². The number of nitrogens with two attached hydrogens (primary N) is 1. The average molecular weight is 385 g/mol. The molecule has 5 fully saturated rings. The summed E-state index contributed by atoms with van der Waals surface area (Å²) >= 11 is 0. The van der Waals surface area contributed by atoms with Crippen LogP contribution in [0, 0.1) is 16.7 Å². The van der Waals surface area contributed by atoms with Crippen molar-refractivity contribution >= 4 is 5.91 Å². The van der Waals surface area contributed by atoms with Gasteiger partial charge in [-0.3, -0.25) is 4.79 Å². The Morgan fingerprint density at radius 3 is 2.68 bits per heavy atom. The first kappa shape index (κ1) is 18.6. The van der Waals surface area contributed by atoms with Crippen molar-refractivity contribution in [3.8, 4) is 0 Å². The van der Waals surface area contributed by atoms with Gasteiger partial charge in [-0.05, 0) is 67.3 Å². The fraction of sp³-hybridized carbons (Fsp3) is 0.708. The van der Waals surface area contributed by atoms with Gasteiger partial charge in [0.05, 0.1) is 12.0 Å². The first-order chi connectivity index (χ1) is 13.4. The summed E-state index contributed by atoms with van der Waals surface area (Å²) in [6.07, 6.45) is 7.27. The van der Waals surface area contributed by atoms with Gasteiger partial charge < -0.3 is 10.6 Å². The molecule has 0 spiro atoms. The zero-order valence-electron chi connectivity index (χ0n) is 17.0. The Bertz CT molecular complexity index is 769. The number of rotatable bonds is 3. The van der Waals surface area contributed by atoms with Gasteiger partial charge in [0.2, 0.25) is 5.91 Å². The second-order valence-corrected chi connectivity index (χ2v) is 10.5. The summed E-state index contributed by atoms with van der Waals surface area (Å²) in [4.78, 5) is 15.7. The maximum atomic E-state index is 14.3. The molecule has 4 bridgehead atoms. The van der Waals surface area contributed by atoms with Crippen LogP contribution < -0.4 is 5.73 Å². The van der Waals surface area contributed by atoms with Crippen molar-refractivity contribution in [2.45, 2.75) is 75.9 Å². The zero-order chi connectivity index (χ0) is 19.6. The minimum atomic E-state index is -1.09. The van der Waals surface area contributed by atoms with Crippen molar-refractivity contribution in [2.75, 3.05) is 13.1 Å². The lowest BCUT2D eigenvalue weighted by atomic mass is 9.38. The van der Waals surface area contributed by atoms with E-state index in [0.29, 0.717) is 18.9 Å². The van der Waals surface area contributed by atoms with Gasteiger partial charge in [-0.2, -0.15) is 0 Å². The lowest BCUT2D eigenvalue weighted by molar-refractivity contribution is -0.175. The van der Waals surface area contributed by atoms with Crippen LogP contribution in [0.4, 0.5) is 4.39 Å². The molecule has 6 atom stereocenters. The molecule has 1 aromatic rings. The van der Waals surface area contributed by atoms with E-state index in [1.165, 1.54) is 24.8 Å². The normalized spacial score (nSPS) is 44.7. The quantitative estimate of drug-likeness (QED) is 0.849. The van der Waals surface area contributed by atoms with Crippen LogP contribution in [0.2, 0.25) is 0 Å². The number of benzene rings is 1. The van der Waals surface area contributed by atoms with E-state index in [1.807, 2.05) is 4.90 Å². The van der Waals surface area contributed by atoms with E-state index in [2.05, 4.69) is 37.3 Å². The largest absolute Gasteiger partial charge is 0.339 e. The molecule has 4 aliphatic carbocycles. The Morgan fingerprint density at radius 2 is 1.96 bits per heavy atom. The molecule has 1 aromatic carbocycles. The van der Waals surface area contributed by atoms with Gasteiger partial charge in [0, 0.05) is 12.6 Å². The van der Waals surface area contributed by atoms with Gasteiger partial charge in [0.25, 0.3) is 0 Å². The Labute approximate surface area is 167 Å². The average Bonchev–Trinajstić information content (AvgIpc) is 2.69. The van der Waals surface area contributed by atoms with E-state index >= 15 is 0 Å². The summed E-state index contributed by atoms with van der Waals surface area (Å²) in [6.45, 7) is 3.11. The topological polar surface area (TPSA) is 46.3 Å². The van der Waals surface area contributed by atoms with Crippen LogP contribution >= 0.6 is 0 Å². The van der Waals surface area contributed by atoms with Crippen LogP contribution in [0.25, 0.3) is 0 Å². The molecular formula is C24H33FN2O. The number of hydrogen-bond donors (Lipinski definition) is 1. The molecule has 5 aliphatic rings. The van der Waals surface area contributed by atoms with Crippen molar-refractivity contribution in [3.05, 3.63) is 35.9 Å². The Balaban J connectivity index is 1.52. The minimum absolute atomic E-state index is 0.119. The number of nitrogens with zero attached hydrogens (tertiary/aromatic N) is 1. The molecule has 2 N–H and O–H groups in total. The number of likely N-dealkylation sites (tertiary alicyclic amines) is 1. The number of carbonyl (C=O) groups excluding carboxylic acids is 1. The summed E-state index contributed by atoms with van der Waals surface area (Å²) in [5.74, 6) is 0.845. The van der Waals surface area contributed by atoms with Crippen molar-refractivity contribution < 1.29 is 9.18 Å². The first-order valence-electron chi connectivity index (χ1n) is 11.1. The summed E-state index contributed by atoms with van der Waals surface area (Å²) in [5.41, 5.74) is 7.38. The highest BCUT2D eigenvalue weighted by Gasteiger charge is 2.66. The highest BCUT2D eigenvalue weighted by Crippen LogP contribution is 2.71. The van der Waals surface area contributed by atoms with Crippen LogP contribution in [-0.4, -0.2) is 36.1 Å². The van der Waals surface area contributed by atoms with Crippen molar-refractivity contribution in [3.63, 3.8) is 0 Å². The Kier molecular flexibility index (Phi) is 4.18. The smallest absolute Gasteiger partial charge is 0.228 e. The Hall–Kier alpha value is -1.42. The lowest BCUT2D eigenvalue weighted by Gasteiger charge is -2.67. The van der Waals surface area contributed by atoms with E-state index < -0.39 is 12.2 Å². The predicted molar refractivity (Wildman–Crippen MR) is 109 cm³/mol. The van der Waals surface area contributed by atoms with E-state index in [1.54, 1.807) is 0 Å². The van der Waals surface area contributed by atoms with Gasteiger partial charge in [0.15, 0.2) is 0 Å². The van der Waals surface area contributed by atoms with E-state index in [0.717, 1.165) is 25.7 Å². The van der Waals surface area contributed by atoms with Crippen molar-refractivity contribution in [1.29, 1.82) is 0 Å². The number of amides is 1. The van der Waals surface area contributed by atoms with E-state index in [9.17, 15) is 9.18 Å². The first-order valence-corrected chi connectivity index (χ1v) is 11.1. The third kappa shape index (κ3) is 2.67. The van der Waals surface area contributed by atoms with Crippen molar-refractivity contribution in [1.82, 2.24) is 4.90 Å². The van der Waals surface area contributed by atoms with Gasteiger partial charge in [-0.25, -0.2) is 4.39 Å². The molecule has 4 unspecified atom stereocenters. The van der Waals surface area contributed by atoms with Crippen LogP contribution in [-0.2, 0) is 10.2 Å². The van der Waals surface area contributed by atoms with Crippen LogP contribution in [0.15, 0.2) is 30.3 Å². The molecule has 3 nitrogen and oxygen atoms in total. The molecular weight excluding hydrogens is 351 g/mol. The fourth-order valence-corrected chi connectivity index (χ4v) is 7.83. The van der Waals surface area contributed by atoms with Gasteiger partial charge in [0.1, 0.15) is 6.17 Å². The van der Waals surface area contributed by atoms with E-state index in [-0.39, 0.29) is 28.7 Å². The number of halogens is 1. The second kappa shape index (κ2) is 6.29. The maximum Gasteiger partial charge on any atom is 0.228 e. The van der Waals surface area contributed by atoms with Gasteiger partial charge >= 0.3 is 0 Å². The third-order valence-electron chi connectivity index (χ3n) is 8.65. The van der Waals surface area contributed by atoms with Crippen LogP contribution in [0.3, 0.4) is 0 Å². The third-order valence-corrected chi connectivity index (χ3v) is 8.65. The molecule has 4 saturated carbocycles. The number of hydrogen-bond acceptors (Lipinski definition) is 2. The zero-order valence-corrected chi connectivity index (χ0v) is 17.0. The van der Waals surface area contributed by atoms with Gasteiger partial charge in [-0.15, -0.1) is 0 Å². The molecule has 0 radical (unpaired) electrons. The minimum Gasteiger partial charge on any atom is -0.339 e. The van der Waals surface area contributed by atoms with Crippen LogP contribution in [0.1, 0.15) is 63.9 Å². The van der Waals surface area contributed by atoms with Crippen molar-refractivity contribution in [2.24, 2.45) is 22.5 Å². The summed E-state index contributed by atoms with van der Waals surface area (Å²) < 4.78 is 14.3. The van der Waals surface area contributed by atoms with Gasteiger partial charge in [-0.1, -0.05) is 43.7 Å². The predicted octanol–water partition coefficient (Wildman–Crippen LogP) is 4.20. The maximum absolute atomic E-state index is 14.3. The number of piperidine rings is 1. The number of carbonyl (C=O) groups is 1. The monoisotopic (exact) mass is 384 g/mol.